The third-order valence-corrected chi connectivity index (χ3v) is 3.69. The predicted molar refractivity (Wildman–Crippen MR) is 40.9 cm³/mol. The van der Waals surface area contributed by atoms with Crippen molar-refractivity contribution >= 4 is 19.2 Å². The van der Waals surface area contributed by atoms with Gasteiger partial charge in [0.25, 0.3) is 0 Å². The lowest BCUT2D eigenvalue weighted by Crippen LogP contribution is -2.01. The van der Waals surface area contributed by atoms with Gasteiger partial charge in [0.15, 0.2) is 0 Å². The second kappa shape index (κ2) is 2.51. The zero-order chi connectivity index (χ0) is 5.98. The Morgan fingerprint density at radius 1 is 1.38 bits per heavy atom. The molecule has 1 aliphatic carbocycles. The molecular weight excluding hydrogens is 136 g/mol. The van der Waals surface area contributed by atoms with Gasteiger partial charge in [0.05, 0.1) is 0 Å². The number of hydrogen-bond acceptors (Lipinski definition) is 0. The van der Waals surface area contributed by atoms with Crippen LogP contribution in [0.2, 0.25) is 12.1 Å². The van der Waals surface area contributed by atoms with Crippen molar-refractivity contribution < 1.29 is 0 Å². The molecule has 2 heteroatoms. The second-order valence-corrected chi connectivity index (χ2v) is 6.21. The largest absolute Gasteiger partial charge is 0.171 e. The molecule has 0 N–H and O–H groups in total. The Labute approximate surface area is 56.2 Å². The molecular formula is C6H9ClSi. The van der Waals surface area contributed by atoms with Crippen LogP contribution in [0.3, 0.4) is 0 Å². The van der Waals surface area contributed by atoms with Gasteiger partial charge in [-0.1, -0.05) is 30.9 Å². The lowest BCUT2D eigenvalue weighted by atomic mass is 10.5. The number of allylic oxidation sites excluding steroid dienone is 4. The van der Waals surface area contributed by atoms with Gasteiger partial charge in [-0.3, -0.25) is 0 Å². The highest BCUT2D eigenvalue weighted by atomic mass is 35.6. The summed E-state index contributed by atoms with van der Waals surface area (Å²) in [4.78, 5) is 0. The van der Waals surface area contributed by atoms with E-state index in [0.717, 1.165) is 0 Å². The van der Waals surface area contributed by atoms with Gasteiger partial charge in [0, 0.05) is 5.54 Å². The molecule has 44 valence electrons. The molecule has 0 fully saturated rings. The van der Waals surface area contributed by atoms with Crippen molar-refractivity contribution in [3.63, 3.8) is 0 Å². The summed E-state index contributed by atoms with van der Waals surface area (Å²) < 4.78 is 0. The molecule has 0 nitrogen and oxygen atoms in total. The first-order chi connectivity index (χ1) is 3.80. The van der Waals surface area contributed by atoms with Crippen molar-refractivity contribution in [1.82, 2.24) is 0 Å². The Morgan fingerprint density at radius 2 is 1.88 bits per heavy atom. The van der Waals surface area contributed by atoms with E-state index in [4.69, 9.17) is 11.1 Å². The Bertz CT molecular complexity index is 114. The molecule has 0 amide bonds. The van der Waals surface area contributed by atoms with E-state index in [0.29, 0.717) is 5.54 Å². The maximum absolute atomic E-state index is 5.92. The van der Waals surface area contributed by atoms with Crippen molar-refractivity contribution in [2.24, 2.45) is 0 Å². The monoisotopic (exact) mass is 144 g/mol. The van der Waals surface area contributed by atoms with Crippen molar-refractivity contribution in [1.29, 1.82) is 0 Å². The molecule has 8 heavy (non-hydrogen) atoms. The Morgan fingerprint density at radius 3 is 2.12 bits per heavy atom. The van der Waals surface area contributed by atoms with Crippen molar-refractivity contribution in [2.75, 3.05) is 0 Å². The van der Waals surface area contributed by atoms with Crippen LogP contribution in [0.15, 0.2) is 24.3 Å². The van der Waals surface area contributed by atoms with Gasteiger partial charge in [0.2, 0.25) is 0 Å². The Kier molecular flexibility index (Phi) is 1.92. The van der Waals surface area contributed by atoms with Gasteiger partial charge in [-0.25, -0.2) is 0 Å². The fraction of sp³-hybridized carbons (Fsp3) is 0.333. The van der Waals surface area contributed by atoms with Crippen LogP contribution < -0.4 is 0 Å². The third kappa shape index (κ3) is 1.23. The second-order valence-electron chi connectivity index (χ2n) is 2.02. The molecule has 0 aliphatic heterocycles. The minimum atomic E-state index is -0.924. The maximum Gasteiger partial charge on any atom is 0.148 e. The Balaban J connectivity index is 2.49. The highest BCUT2D eigenvalue weighted by Gasteiger charge is 2.10. The molecule has 1 rings (SSSR count). The minimum Gasteiger partial charge on any atom is -0.171 e. The summed E-state index contributed by atoms with van der Waals surface area (Å²) in [6.45, 7) is 2.15. The fourth-order valence-electron chi connectivity index (χ4n) is 0.755. The molecule has 0 aromatic carbocycles. The van der Waals surface area contributed by atoms with E-state index in [1.165, 1.54) is 0 Å². The third-order valence-electron chi connectivity index (χ3n) is 1.31. The van der Waals surface area contributed by atoms with Crippen LogP contribution in [0.1, 0.15) is 0 Å². The van der Waals surface area contributed by atoms with E-state index in [2.05, 4.69) is 30.9 Å². The van der Waals surface area contributed by atoms with E-state index < -0.39 is 8.11 Å². The molecule has 0 saturated carbocycles. The molecule has 0 aromatic heterocycles. The zero-order valence-electron chi connectivity index (χ0n) is 4.84. The molecule has 1 unspecified atom stereocenters. The van der Waals surface area contributed by atoms with Gasteiger partial charge < -0.3 is 0 Å². The normalized spacial score (nSPS) is 22.2. The molecule has 1 atom stereocenters. The summed E-state index contributed by atoms with van der Waals surface area (Å²) in [5, 5.41) is 0. The SMILES string of the molecule is C[SiH](Cl)C1C=CC=C1. The first-order valence-electron chi connectivity index (χ1n) is 2.80. The van der Waals surface area contributed by atoms with Crippen LogP contribution >= 0.6 is 11.1 Å². The number of halogens is 1. The smallest absolute Gasteiger partial charge is 0.148 e. The Hall–Kier alpha value is -0.0131. The summed E-state index contributed by atoms with van der Waals surface area (Å²) in [6.07, 6.45) is 8.47. The van der Waals surface area contributed by atoms with Crippen molar-refractivity contribution in [2.45, 2.75) is 12.1 Å². The molecule has 0 spiro atoms. The van der Waals surface area contributed by atoms with E-state index in [-0.39, 0.29) is 0 Å². The summed E-state index contributed by atoms with van der Waals surface area (Å²) in [7, 11) is -0.924. The van der Waals surface area contributed by atoms with Gasteiger partial charge in [-0.2, -0.15) is 11.1 Å². The first-order valence-corrected chi connectivity index (χ1v) is 6.36. The summed E-state index contributed by atoms with van der Waals surface area (Å²) in [5.41, 5.74) is 0.608. The number of rotatable bonds is 1. The van der Waals surface area contributed by atoms with Crippen LogP contribution in [0.4, 0.5) is 0 Å². The van der Waals surface area contributed by atoms with E-state index in [1.54, 1.807) is 0 Å². The average Bonchev–Trinajstić information content (AvgIpc) is 2.12. The highest BCUT2D eigenvalue weighted by Crippen LogP contribution is 2.20. The maximum atomic E-state index is 5.92. The topological polar surface area (TPSA) is 0 Å². The highest BCUT2D eigenvalue weighted by molar-refractivity contribution is 7.07. The van der Waals surface area contributed by atoms with Crippen LogP contribution in [0.5, 0.6) is 0 Å². The van der Waals surface area contributed by atoms with E-state index >= 15 is 0 Å². The zero-order valence-corrected chi connectivity index (χ0v) is 6.75. The van der Waals surface area contributed by atoms with Crippen LogP contribution in [-0.4, -0.2) is 8.11 Å². The molecule has 0 aromatic rings. The van der Waals surface area contributed by atoms with Gasteiger partial charge in [-0.15, -0.1) is 0 Å². The van der Waals surface area contributed by atoms with Gasteiger partial charge in [0.1, 0.15) is 8.11 Å². The van der Waals surface area contributed by atoms with E-state index in [1.807, 2.05) is 0 Å². The molecule has 0 radical (unpaired) electrons. The van der Waals surface area contributed by atoms with Crippen molar-refractivity contribution in [3.8, 4) is 0 Å². The predicted octanol–water partition coefficient (Wildman–Crippen LogP) is 2.08. The summed E-state index contributed by atoms with van der Waals surface area (Å²) in [5.74, 6) is 0. The van der Waals surface area contributed by atoms with Gasteiger partial charge in [-0.05, 0) is 0 Å². The van der Waals surface area contributed by atoms with Crippen LogP contribution in [-0.2, 0) is 0 Å². The lowest BCUT2D eigenvalue weighted by Gasteiger charge is -2.02. The van der Waals surface area contributed by atoms with Crippen LogP contribution in [0.25, 0.3) is 0 Å². The first kappa shape index (κ1) is 6.11. The lowest BCUT2D eigenvalue weighted by molar-refractivity contribution is 1.38. The minimum absolute atomic E-state index is 0.608. The van der Waals surface area contributed by atoms with E-state index in [9.17, 15) is 0 Å². The average molecular weight is 145 g/mol. The standard InChI is InChI=1S/C6H9ClSi/c1-8(7)6-4-2-3-5-6/h2-6,8H,1H3. The van der Waals surface area contributed by atoms with Crippen molar-refractivity contribution in [3.05, 3.63) is 24.3 Å². The molecule has 0 saturated heterocycles. The fourth-order valence-corrected chi connectivity index (χ4v) is 2.13. The molecule has 0 bridgehead atoms. The molecule has 0 heterocycles. The van der Waals surface area contributed by atoms with Crippen LogP contribution in [0, 0.1) is 0 Å². The molecule has 1 aliphatic rings. The summed E-state index contributed by atoms with van der Waals surface area (Å²) >= 11 is 5.92. The van der Waals surface area contributed by atoms with Gasteiger partial charge >= 0.3 is 0 Å². The quantitative estimate of drug-likeness (QED) is 0.391. The number of hydrogen-bond donors (Lipinski definition) is 0. The summed E-state index contributed by atoms with van der Waals surface area (Å²) in [6, 6.07) is 0.